The van der Waals surface area contributed by atoms with Crippen LogP contribution in [-0.2, 0) is 19.1 Å². The van der Waals surface area contributed by atoms with Crippen molar-refractivity contribution in [1.82, 2.24) is 0 Å². The maximum absolute atomic E-state index is 13.4. The van der Waals surface area contributed by atoms with Gasteiger partial charge in [-0.15, -0.1) is 0 Å². The molecule has 5 aliphatic rings. The molecule has 1 spiro atoms. The molecule has 5 rings (SSSR count). The first kappa shape index (κ1) is 16.7. The maximum atomic E-state index is 13.4. The fourth-order valence-corrected chi connectivity index (χ4v) is 7.64. The molecule has 4 fully saturated rings. The number of rotatable bonds is 0. The van der Waals surface area contributed by atoms with E-state index < -0.39 is 16.4 Å². The van der Waals surface area contributed by atoms with Crippen molar-refractivity contribution in [3.63, 3.8) is 0 Å². The minimum Gasteiger partial charge on any atom is -0.453 e. The molecule has 4 aliphatic carbocycles. The van der Waals surface area contributed by atoms with E-state index >= 15 is 0 Å². The lowest BCUT2D eigenvalue weighted by molar-refractivity contribution is -0.166. The summed E-state index contributed by atoms with van der Waals surface area (Å²) in [5.74, 6) is 0.484. The van der Waals surface area contributed by atoms with Gasteiger partial charge in [0.15, 0.2) is 0 Å². The van der Waals surface area contributed by atoms with E-state index in [1.54, 1.807) is 0 Å². The van der Waals surface area contributed by atoms with Crippen LogP contribution in [0.2, 0.25) is 0 Å². The Kier molecular flexibility index (Phi) is 2.79. The lowest BCUT2D eigenvalue weighted by atomic mass is 9.39. The molecule has 4 heteroatoms. The molecule has 140 valence electrons. The molecule has 1 heterocycles. The molecule has 2 bridgehead atoms. The lowest BCUT2D eigenvalue weighted by Crippen LogP contribution is -2.64. The molecule has 4 nitrogen and oxygen atoms in total. The summed E-state index contributed by atoms with van der Waals surface area (Å²) in [4.78, 5) is 38.9. The number of allylic oxidation sites excluding steroid dienone is 1. The number of carbonyl (C=O) groups is 3. The van der Waals surface area contributed by atoms with Gasteiger partial charge in [-0.1, -0.05) is 19.9 Å². The van der Waals surface area contributed by atoms with Gasteiger partial charge in [0.05, 0.1) is 10.8 Å². The van der Waals surface area contributed by atoms with Crippen LogP contribution in [0.25, 0.3) is 0 Å². The van der Waals surface area contributed by atoms with Crippen molar-refractivity contribution < 1.29 is 19.1 Å². The van der Waals surface area contributed by atoms with Crippen molar-refractivity contribution in [1.29, 1.82) is 0 Å². The number of ether oxygens (including phenoxy) is 1. The van der Waals surface area contributed by atoms with Crippen molar-refractivity contribution in [2.24, 2.45) is 33.5 Å². The second-order valence-electron chi connectivity index (χ2n) is 10.4. The molecule has 1 saturated heterocycles. The van der Waals surface area contributed by atoms with E-state index in [4.69, 9.17) is 4.74 Å². The normalized spacial score (nSPS) is 53.8. The van der Waals surface area contributed by atoms with Crippen LogP contribution in [0.3, 0.4) is 0 Å². The van der Waals surface area contributed by atoms with Gasteiger partial charge in [-0.3, -0.25) is 14.4 Å². The van der Waals surface area contributed by atoms with E-state index in [0.29, 0.717) is 25.0 Å². The van der Waals surface area contributed by atoms with Gasteiger partial charge >= 0.3 is 5.97 Å². The van der Waals surface area contributed by atoms with Crippen LogP contribution >= 0.6 is 0 Å². The molecule has 0 aromatic heterocycles. The molecular formula is C22H28O4. The van der Waals surface area contributed by atoms with E-state index in [1.165, 1.54) is 0 Å². The van der Waals surface area contributed by atoms with Gasteiger partial charge in [0.25, 0.3) is 0 Å². The van der Waals surface area contributed by atoms with Gasteiger partial charge < -0.3 is 4.74 Å². The Hall–Kier alpha value is -1.45. The van der Waals surface area contributed by atoms with E-state index in [0.717, 1.165) is 19.3 Å². The third kappa shape index (κ3) is 1.37. The molecule has 2 unspecified atom stereocenters. The number of carbonyl (C=O) groups excluding carboxylic acids is 3. The molecule has 0 amide bonds. The standard InChI is InChI=1S/C22H28O4/c1-18(2)15(23)6-5-14-21-12-11-20(4)16(24)8-9-19(20,3)13(21)7-10-22(14,18)26-17(21)25/h7,10,13-14H,5-6,8-9,11-12H2,1-4H3/t13?,14?,19-,20+,21-,22+/m0/s1. The van der Waals surface area contributed by atoms with Gasteiger partial charge in [0.1, 0.15) is 17.2 Å². The average Bonchev–Trinajstić information content (AvgIpc) is 2.91. The van der Waals surface area contributed by atoms with Gasteiger partial charge in [-0.2, -0.15) is 0 Å². The summed E-state index contributed by atoms with van der Waals surface area (Å²) in [5, 5.41) is 0. The summed E-state index contributed by atoms with van der Waals surface area (Å²) in [6, 6.07) is 0. The number of hydrogen-bond donors (Lipinski definition) is 0. The van der Waals surface area contributed by atoms with Crippen LogP contribution < -0.4 is 0 Å². The zero-order valence-corrected chi connectivity index (χ0v) is 16.2. The Labute approximate surface area is 154 Å². The molecule has 0 N–H and O–H groups in total. The van der Waals surface area contributed by atoms with E-state index in [9.17, 15) is 14.4 Å². The minimum absolute atomic E-state index is 0.0253. The van der Waals surface area contributed by atoms with Crippen molar-refractivity contribution in [2.75, 3.05) is 0 Å². The fourth-order valence-electron chi connectivity index (χ4n) is 7.64. The summed E-state index contributed by atoms with van der Waals surface area (Å²) >= 11 is 0. The predicted octanol–water partition coefficient (Wildman–Crippen LogP) is 3.63. The molecule has 0 aromatic carbocycles. The van der Waals surface area contributed by atoms with Crippen LogP contribution in [0.4, 0.5) is 0 Å². The average molecular weight is 356 g/mol. The van der Waals surface area contributed by atoms with Gasteiger partial charge in [-0.25, -0.2) is 0 Å². The van der Waals surface area contributed by atoms with Crippen LogP contribution in [-0.4, -0.2) is 23.1 Å². The van der Waals surface area contributed by atoms with Gasteiger partial charge in [0.2, 0.25) is 0 Å². The monoisotopic (exact) mass is 356 g/mol. The number of esters is 1. The van der Waals surface area contributed by atoms with Gasteiger partial charge in [0, 0.05) is 24.2 Å². The summed E-state index contributed by atoms with van der Waals surface area (Å²) in [7, 11) is 0. The van der Waals surface area contributed by atoms with Crippen molar-refractivity contribution in [3.05, 3.63) is 12.2 Å². The topological polar surface area (TPSA) is 60.4 Å². The Morgan fingerprint density at radius 3 is 2.42 bits per heavy atom. The smallest absolute Gasteiger partial charge is 0.314 e. The second-order valence-corrected chi connectivity index (χ2v) is 10.4. The third-order valence-electron chi connectivity index (χ3n) is 9.68. The number of ketones is 2. The molecule has 0 aromatic rings. The maximum Gasteiger partial charge on any atom is 0.314 e. The largest absolute Gasteiger partial charge is 0.453 e. The highest BCUT2D eigenvalue weighted by Gasteiger charge is 2.79. The quantitative estimate of drug-likeness (QED) is 0.491. The minimum atomic E-state index is -0.803. The van der Waals surface area contributed by atoms with Crippen molar-refractivity contribution in [2.45, 2.75) is 71.8 Å². The Balaban J connectivity index is 1.74. The molecule has 3 saturated carbocycles. The summed E-state index contributed by atoms with van der Waals surface area (Å²) in [5.41, 5.74) is -2.62. The van der Waals surface area contributed by atoms with Crippen LogP contribution in [0, 0.1) is 33.5 Å². The van der Waals surface area contributed by atoms with Crippen LogP contribution in [0.1, 0.15) is 66.2 Å². The fraction of sp³-hybridized carbons (Fsp3) is 0.773. The predicted molar refractivity (Wildman–Crippen MR) is 95.1 cm³/mol. The zero-order valence-electron chi connectivity index (χ0n) is 16.2. The number of hydrogen-bond acceptors (Lipinski definition) is 4. The van der Waals surface area contributed by atoms with E-state index in [1.807, 2.05) is 19.9 Å². The first-order chi connectivity index (χ1) is 12.1. The molecule has 1 aliphatic heterocycles. The Morgan fingerprint density at radius 1 is 0.962 bits per heavy atom. The Bertz CT molecular complexity index is 794. The van der Waals surface area contributed by atoms with E-state index in [-0.39, 0.29) is 34.4 Å². The second kappa shape index (κ2) is 4.34. The highest BCUT2D eigenvalue weighted by molar-refractivity contribution is 5.93. The Morgan fingerprint density at radius 2 is 1.69 bits per heavy atom. The third-order valence-corrected chi connectivity index (χ3v) is 9.68. The molecule has 6 atom stereocenters. The first-order valence-corrected chi connectivity index (χ1v) is 10.1. The number of fused-ring (bicyclic) bond motifs is 2. The lowest BCUT2D eigenvalue weighted by Gasteiger charge is -2.60. The highest BCUT2D eigenvalue weighted by atomic mass is 16.6. The van der Waals surface area contributed by atoms with Crippen molar-refractivity contribution in [3.8, 4) is 0 Å². The summed E-state index contributed by atoms with van der Waals surface area (Å²) in [6.45, 7) is 8.20. The van der Waals surface area contributed by atoms with Crippen molar-refractivity contribution >= 4 is 17.5 Å². The number of Topliss-reactive ketones (excluding diaryl/α,β-unsaturated/α-hetero) is 2. The molecule has 0 radical (unpaired) electrons. The summed E-state index contributed by atoms with van der Waals surface area (Å²) < 4.78 is 6.14. The zero-order chi connectivity index (χ0) is 18.8. The van der Waals surface area contributed by atoms with Crippen LogP contribution in [0.5, 0.6) is 0 Å². The highest BCUT2D eigenvalue weighted by Crippen LogP contribution is 2.75. The van der Waals surface area contributed by atoms with E-state index in [2.05, 4.69) is 19.9 Å². The molecular weight excluding hydrogens is 328 g/mol. The van der Waals surface area contributed by atoms with Gasteiger partial charge in [-0.05, 0) is 56.9 Å². The first-order valence-electron chi connectivity index (χ1n) is 10.1. The summed E-state index contributed by atoms with van der Waals surface area (Å²) in [6.07, 6.45) is 8.36. The van der Waals surface area contributed by atoms with Crippen LogP contribution in [0.15, 0.2) is 12.2 Å². The molecule has 26 heavy (non-hydrogen) atoms. The SMILES string of the molecule is CC1(C)C(=O)CCC2[C@]34CC[C@]5(C)C(=O)CC[C@@]5(C)C3C=C[C@@]21OC4=O.